The van der Waals surface area contributed by atoms with Crippen LogP contribution in [0.3, 0.4) is 0 Å². The summed E-state index contributed by atoms with van der Waals surface area (Å²) < 4.78 is 19.2. The number of ether oxygens (including phenoxy) is 1. The number of hydrazone groups is 1. The van der Waals surface area contributed by atoms with Gasteiger partial charge in [0.2, 0.25) is 11.1 Å². The number of hydrogen-bond acceptors (Lipinski definition) is 8. The van der Waals surface area contributed by atoms with Gasteiger partial charge in [0, 0.05) is 5.69 Å². The predicted molar refractivity (Wildman–Crippen MR) is 110 cm³/mol. The van der Waals surface area contributed by atoms with Crippen LogP contribution in [-0.4, -0.2) is 39.9 Å². The van der Waals surface area contributed by atoms with Crippen LogP contribution in [0.2, 0.25) is 0 Å². The van der Waals surface area contributed by atoms with E-state index in [-0.39, 0.29) is 23.4 Å². The fraction of sp³-hybridized carbons (Fsp3) is 0.111. The van der Waals surface area contributed by atoms with Crippen molar-refractivity contribution in [2.75, 3.05) is 29.4 Å². The Balaban J connectivity index is 1.51. The van der Waals surface area contributed by atoms with Gasteiger partial charge in [0.05, 0.1) is 19.1 Å². The predicted octanol–water partition coefficient (Wildman–Crippen LogP) is 2.32. The highest BCUT2D eigenvalue weighted by atomic mass is 32.2. The molecular weight excluding hydrogens is 397 g/mol. The fourth-order valence-corrected chi connectivity index (χ4v) is 2.82. The highest BCUT2D eigenvalue weighted by molar-refractivity contribution is 7.99. The number of methoxy groups -OCH3 is 1. The Morgan fingerprint density at radius 1 is 1.24 bits per heavy atom. The Bertz CT molecular complexity index is 990. The quantitative estimate of drug-likeness (QED) is 0.223. The molecule has 0 aliphatic carbocycles. The van der Waals surface area contributed by atoms with Crippen molar-refractivity contribution in [1.82, 2.24) is 14.9 Å². The van der Waals surface area contributed by atoms with Crippen LogP contribution in [0.5, 0.6) is 5.75 Å². The number of benzene rings is 2. The van der Waals surface area contributed by atoms with Gasteiger partial charge in [0.25, 0.3) is 5.95 Å². The van der Waals surface area contributed by atoms with Crippen molar-refractivity contribution < 1.29 is 13.9 Å². The highest BCUT2D eigenvalue weighted by Crippen LogP contribution is 2.17. The standard InChI is InChI=1S/C18H18FN7O2S/c1-28-15-8-2-12(3-9-15)10-21-23-17-24-25-18(26(17)20)29-11-16(27)22-14-6-4-13(19)5-7-14/h2-10H,11,20H2,1H3,(H,22,27)(H,23,24)/b21-10+. The summed E-state index contributed by atoms with van der Waals surface area (Å²) >= 11 is 1.10. The monoisotopic (exact) mass is 415 g/mol. The van der Waals surface area contributed by atoms with Crippen molar-refractivity contribution in [2.45, 2.75) is 5.16 Å². The van der Waals surface area contributed by atoms with Crippen LogP contribution in [0.15, 0.2) is 58.8 Å². The molecule has 4 N–H and O–H groups in total. The lowest BCUT2D eigenvalue weighted by Gasteiger charge is -2.05. The molecule has 0 bridgehead atoms. The number of anilines is 2. The van der Waals surface area contributed by atoms with Crippen LogP contribution >= 0.6 is 11.8 Å². The number of thioether (sulfide) groups is 1. The first-order valence-corrected chi connectivity index (χ1v) is 9.35. The number of halogens is 1. The molecule has 0 aliphatic heterocycles. The van der Waals surface area contributed by atoms with Gasteiger partial charge in [-0.05, 0) is 54.1 Å². The number of nitrogens with zero attached hydrogens (tertiary/aromatic N) is 4. The van der Waals surface area contributed by atoms with E-state index in [2.05, 4.69) is 26.0 Å². The maximum atomic E-state index is 12.9. The van der Waals surface area contributed by atoms with Crippen molar-refractivity contribution in [3.8, 4) is 5.75 Å². The molecule has 0 aliphatic rings. The van der Waals surface area contributed by atoms with Gasteiger partial charge in [-0.1, -0.05) is 11.8 Å². The zero-order chi connectivity index (χ0) is 20.6. The lowest BCUT2D eigenvalue weighted by Crippen LogP contribution is -2.16. The summed E-state index contributed by atoms with van der Waals surface area (Å²) in [4.78, 5) is 12.0. The molecule has 0 fully saturated rings. The zero-order valence-electron chi connectivity index (χ0n) is 15.4. The number of nitrogens with two attached hydrogens (primary N) is 1. The van der Waals surface area contributed by atoms with E-state index in [1.54, 1.807) is 13.3 Å². The molecule has 9 nitrogen and oxygen atoms in total. The van der Waals surface area contributed by atoms with Crippen LogP contribution in [0, 0.1) is 5.82 Å². The first-order chi connectivity index (χ1) is 14.0. The third-order valence-corrected chi connectivity index (χ3v) is 4.56. The van der Waals surface area contributed by atoms with Gasteiger partial charge in [-0.2, -0.15) is 5.10 Å². The van der Waals surface area contributed by atoms with Crippen molar-refractivity contribution in [1.29, 1.82) is 0 Å². The van der Waals surface area contributed by atoms with Gasteiger partial charge in [-0.25, -0.2) is 14.5 Å². The van der Waals surface area contributed by atoms with E-state index >= 15 is 0 Å². The van der Waals surface area contributed by atoms with Crippen molar-refractivity contribution in [3.05, 3.63) is 59.9 Å². The number of carbonyl (C=O) groups is 1. The number of aromatic nitrogens is 3. The third kappa shape index (κ3) is 5.69. The molecule has 0 unspecified atom stereocenters. The molecule has 3 aromatic rings. The van der Waals surface area contributed by atoms with Gasteiger partial charge in [-0.15, -0.1) is 10.2 Å². The Hall–Kier alpha value is -3.60. The zero-order valence-corrected chi connectivity index (χ0v) is 16.2. The summed E-state index contributed by atoms with van der Waals surface area (Å²) in [6, 6.07) is 12.8. The smallest absolute Gasteiger partial charge is 0.264 e. The Morgan fingerprint density at radius 2 is 1.97 bits per heavy atom. The summed E-state index contributed by atoms with van der Waals surface area (Å²) in [5.41, 5.74) is 4.05. The molecule has 0 atom stereocenters. The molecule has 29 heavy (non-hydrogen) atoms. The van der Waals surface area contributed by atoms with Crippen LogP contribution < -0.4 is 21.3 Å². The number of nitrogens with one attached hydrogen (secondary N) is 2. The number of hydrogen-bond donors (Lipinski definition) is 3. The summed E-state index contributed by atoms with van der Waals surface area (Å²) in [7, 11) is 1.60. The van der Waals surface area contributed by atoms with E-state index in [1.807, 2.05) is 24.3 Å². The van der Waals surface area contributed by atoms with Crippen molar-refractivity contribution in [3.63, 3.8) is 0 Å². The van der Waals surface area contributed by atoms with Crippen LogP contribution in [0.4, 0.5) is 16.0 Å². The average Bonchev–Trinajstić information content (AvgIpc) is 3.08. The third-order valence-electron chi connectivity index (χ3n) is 3.62. The second-order valence-corrected chi connectivity index (χ2v) is 6.61. The van der Waals surface area contributed by atoms with E-state index in [0.717, 1.165) is 23.1 Å². The maximum Gasteiger partial charge on any atom is 0.264 e. The molecule has 11 heteroatoms. The molecule has 1 amide bonds. The molecule has 150 valence electrons. The van der Waals surface area contributed by atoms with E-state index in [0.29, 0.717) is 10.8 Å². The minimum Gasteiger partial charge on any atom is -0.497 e. The summed E-state index contributed by atoms with van der Waals surface area (Å²) in [5.74, 6) is 6.30. The number of carbonyl (C=O) groups excluding carboxylic acids is 1. The van der Waals surface area contributed by atoms with Gasteiger partial charge in [0.15, 0.2) is 0 Å². The minimum atomic E-state index is -0.372. The molecule has 0 saturated heterocycles. The molecule has 1 heterocycles. The molecule has 3 rings (SSSR count). The largest absolute Gasteiger partial charge is 0.497 e. The van der Waals surface area contributed by atoms with Crippen LogP contribution in [0.1, 0.15) is 5.56 Å². The lowest BCUT2D eigenvalue weighted by molar-refractivity contribution is -0.113. The Labute approximate surface area is 170 Å². The first-order valence-electron chi connectivity index (χ1n) is 8.37. The van der Waals surface area contributed by atoms with Gasteiger partial charge in [0.1, 0.15) is 11.6 Å². The van der Waals surface area contributed by atoms with Crippen molar-refractivity contribution >= 4 is 35.5 Å². The fourth-order valence-electron chi connectivity index (χ4n) is 2.17. The Morgan fingerprint density at radius 3 is 2.66 bits per heavy atom. The van der Waals surface area contributed by atoms with Gasteiger partial charge >= 0.3 is 0 Å². The molecule has 0 spiro atoms. The van der Waals surface area contributed by atoms with Crippen LogP contribution in [-0.2, 0) is 4.79 Å². The minimum absolute atomic E-state index is 0.0574. The number of rotatable bonds is 8. The van der Waals surface area contributed by atoms with E-state index < -0.39 is 0 Å². The summed E-state index contributed by atoms with van der Waals surface area (Å²) in [6.07, 6.45) is 1.59. The molecule has 0 radical (unpaired) electrons. The first kappa shape index (κ1) is 20.1. The second kappa shape index (κ2) is 9.55. The summed E-state index contributed by atoms with van der Waals surface area (Å²) in [6.45, 7) is 0. The molecular formula is C18H18FN7O2S. The highest BCUT2D eigenvalue weighted by Gasteiger charge is 2.12. The van der Waals surface area contributed by atoms with E-state index in [1.165, 1.54) is 28.9 Å². The SMILES string of the molecule is COc1ccc(/C=N/Nc2nnc(SCC(=O)Nc3ccc(F)cc3)n2N)cc1. The lowest BCUT2D eigenvalue weighted by atomic mass is 10.2. The van der Waals surface area contributed by atoms with Crippen LogP contribution in [0.25, 0.3) is 0 Å². The average molecular weight is 415 g/mol. The van der Waals surface area contributed by atoms with Gasteiger partial charge < -0.3 is 15.9 Å². The molecule has 1 aromatic heterocycles. The second-order valence-electron chi connectivity index (χ2n) is 5.66. The number of nitrogen functional groups attached to an aromatic ring is 1. The normalized spacial score (nSPS) is 10.8. The number of amides is 1. The summed E-state index contributed by atoms with van der Waals surface area (Å²) in [5, 5.41) is 14.9. The Kier molecular flexibility index (Phi) is 6.63. The topological polar surface area (TPSA) is 119 Å². The molecule has 0 saturated carbocycles. The van der Waals surface area contributed by atoms with Crippen molar-refractivity contribution in [2.24, 2.45) is 5.10 Å². The van der Waals surface area contributed by atoms with E-state index in [4.69, 9.17) is 10.6 Å². The maximum absolute atomic E-state index is 12.9. The van der Waals surface area contributed by atoms with Gasteiger partial charge in [-0.3, -0.25) is 4.79 Å². The molecule has 2 aromatic carbocycles. The van der Waals surface area contributed by atoms with E-state index in [9.17, 15) is 9.18 Å².